The van der Waals surface area contributed by atoms with E-state index in [2.05, 4.69) is 5.32 Å². The molecule has 1 aliphatic rings. The second-order valence-electron chi connectivity index (χ2n) is 5.22. The van der Waals surface area contributed by atoms with Gasteiger partial charge in [0, 0.05) is 19.6 Å². The molecule has 1 aliphatic heterocycles. The van der Waals surface area contributed by atoms with Crippen LogP contribution in [0.2, 0.25) is 0 Å². The maximum atomic E-state index is 13.7. The molecule has 0 spiro atoms. The summed E-state index contributed by atoms with van der Waals surface area (Å²) >= 11 is 5.40. The normalized spacial score (nSPS) is 17.4. The lowest BCUT2D eigenvalue weighted by Gasteiger charge is -2.31. The average molecular weight is 349 g/mol. The Hall–Kier alpha value is -1.18. The summed E-state index contributed by atoms with van der Waals surface area (Å²) in [5, 5.41) is 2.70. The van der Waals surface area contributed by atoms with Gasteiger partial charge in [0.15, 0.2) is 0 Å². The minimum Gasteiger partial charge on any atom is -0.355 e. The van der Waals surface area contributed by atoms with Crippen molar-refractivity contribution in [3.05, 3.63) is 30.1 Å². The predicted molar refractivity (Wildman–Crippen MR) is 81.6 cm³/mol. The van der Waals surface area contributed by atoms with Crippen LogP contribution in [-0.4, -0.2) is 44.1 Å². The topological polar surface area (TPSA) is 66.5 Å². The van der Waals surface area contributed by atoms with Gasteiger partial charge in [-0.3, -0.25) is 4.79 Å². The number of rotatable bonds is 5. The molecule has 0 radical (unpaired) electrons. The number of alkyl halides is 1. The molecule has 1 aromatic rings. The Labute approximate surface area is 134 Å². The van der Waals surface area contributed by atoms with Gasteiger partial charge in [-0.25, -0.2) is 12.8 Å². The van der Waals surface area contributed by atoms with Crippen molar-refractivity contribution >= 4 is 27.5 Å². The fourth-order valence-electron chi connectivity index (χ4n) is 2.45. The molecule has 1 saturated heterocycles. The fraction of sp³-hybridized carbons (Fsp3) is 0.500. The van der Waals surface area contributed by atoms with E-state index in [-0.39, 0.29) is 22.6 Å². The van der Waals surface area contributed by atoms with Crippen molar-refractivity contribution in [3.63, 3.8) is 0 Å². The van der Waals surface area contributed by atoms with E-state index >= 15 is 0 Å². The summed E-state index contributed by atoms with van der Waals surface area (Å²) in [6.07, 6.45) is 1.24. The Morgan fingerprint density at radius 3 is 2.55 bits per heavy atom. The molecule has 122 valence electrons. The van der Waals surface area contributed by atoms with E-state index in [1.807, 2.05) is 0 Å². The number of sulfonamides is 1. The van der Waals surface area contributed by atoms with E-state index in [0.717, 1.165) is 6.07 Å². The first kappa shape index (κ1) is 17.2. The van der Waals surface area contributed by atoms with Crippen molar-refractivity contribution in [2.45, 2.75) is 17.7 Å². The molecular formula is C14H18ClFN2O3S. The maximum absolute atomic E-state index is 13.7. The number of amides is 1. The second-order valence-corrected chi connectivity index (χ2v) is 7.39. The Balaban J connectivity index is 1.96. The monoisotopic (exact) mass is 348 g/mol. The summed E-state index contributed by atoms with van der Waals surface area (Å²) < 4.78 is 39.8. The van der Waals surface area contributed by atoms with Crippen LogP contribution in [0, 0.1) is 11.7 Å². The van der Waals surface area contributed by atoms with E-state index in [1.54, 1.807) is 0 Å². The van der Waals surface area contributed by atoms with E-state index < -0.39 is 15.8 Å². The highest BCUT2D eigenvalue weighted by atomic mass is 35.5. The second kappa shape index (κ2) is 7.39. The highest BCUT2D eigenvalue weighted by molar-refractivity contribution is 7.89. The Bertz CT molecular complexity index is 631. The number of benzene rings is 1. The van der Waals surface area contributed by atoms with Crippen LogP contribution in [0.4, 0.5) is 4.39 Å². The van der Waals surface area contributed by atoms with E-state index in [1.165, 1.54) is 22.5 Å². The van der Waals surface area contributed by atoms with Gasteiger partial charge in [0.2, 0.25) is 15.9 Å². The summed E-state index contributed by atoms with van der Waals surface area (Å²) in [6.45, 7) is 1.12. The third kappa shape index (κ3) is 3.97. The van der Waals surface area contributed by atoms with Crippen molar-refractivity contribution in [2.24, 2.45) is 5.92 Å². The van der Waals surface area contributed by atoms with Crippen molar-refractivity contribution in [1.82, 2.24) is 9.62 Å². The van der Waals surface area contributed by atoms with Gasteiger partial charge in [-0.1, -0.05) is 12.1 Å². The number of halogens is 2. The number of nitrogens with zero attached hydrogens (tertiary/aromatic N) is 1. The molecule has 0 saturated carbocycles. The molecule has 0 aliphatic carbocycles. The molecule has 1 heterocycles. The van der Waals surface area contributed by atoms with E-state index in [4.69, 9.17) is 11.6 Å². The summed E-state index contributed by atoms with van der Waals surface area (Å²) in [4.78, 5) is 10.8. The van der Waals surface area contributed by atoms with Crippen molar-refractivity contribution in [1.29, 1.82) is 0 Å². The molecule has 1 aromatic carbocycles. The highest BCUT2D eigenvalue weighted by Gasteiger charge is 2.31. The third-order valence-electron chi connectivity index (χ3n) is 3.74. The van der Waals surface area contributed by atoms with Gasteiger partial charge in [-0.2, -0.15) is 4.31 Å². The smallest absolute Gasteiger partial charge is 0.245 e. The van der Waals surface area contributed by atoms with Crippen molar-refractivity contribution in [3.8, 4) is 0 Å². The SMILES string of the molecule is O=C(CCl)NCC1CCN(S(=O)(=O)c2ccccc2F)CC1. The zero-order valence-electron chi connectivity index (χ0n) is 12.0. The van der Waals surface area contributed by atoms with Gasteiger partial charge in [-0.05, 0) is 30.9 Å². The van der Waals surface area contributed by atoms with Crippen LogP contribution in [0.15, 0.2) is 29.2 Å². The molecule has 1 fully saturated rings. The minimum atomic E-state index is -3.80. The zero-order chi connectivity index (χ0) is 16.2. The van der Waals surface area contributed by atoms with Crippen molar-refractivity contribution < 1.29 is 17.6 Å². The van der Waals surface area contributed by atoms with Gasteiger partial charge < -0.3 is 5.32 Å². The molecule has 1 amide bonds. The first-order valence-corrected chi connectivity index (χ1v) is 9.00. The van der Waals surface area contributed by atoms with Gasteiger partial charge in [0.1, 0.15) is 16.6 Å². The van der Waals surface area contributed by atoms with Gasteiger partial charge in [0.25, 0.3) is 0 Å². The molecule has 0 unspecified atom stereocenters. The minimum absolute atomic E-state index is 0.0828. The molecule has 0 aromatic heterocycles. The number of hydrogen-bond donors (Lipinski definition) is 1. The third-order valence-corrected chi connectivity index (χ3v) is 5.91. The van der Waals surface area contributed by atoms with E-state index in [0.29, 0.717) is 32.5 Å². The number of carbonyl (C=O) groups is 1. The average Bonchev–Trinajstić information content (AvgIpc) is 2.53. The summed E-state index contributed by atoms with van der Waals surface area (Å²) in [6, 6.07) is 5.38. The molecule has 8 heteroatoms. The highest BCUT2D eigenvalue weighted by Crippen LogP contribution is 2.24. The van der Waals surface area contributed by atoms with Crippen LogP contribution in [-0.2, 0) is 14.8 Å². The van der Waals surface area contributed by atoms with Crippen LogP contribution in [0.5, 0.6) is 0 Å². The summed E-state index contributed by atoms with van der Waals surface area (Å²) in [5.74, 6) is -0.846. The van der Waals surface area contributed by atoms with Gasteiger partial charge in [0.05, 0.1) is 0 Å². The lowest BCUT2D eigenvalue weighted by Crippen LogP contribution is -2.41. The van der Waals surface area contributed by atoms with Gasteiger partial charge >= 0.3 is 0 Å². The quantitative estimate of drug-likeness (QED) is 0.822. The Morgan fingerprint density at radius 1 is 1.32 bits per heavy atom. The number of carbonyl (C=O) groups excluding carboxylic acids is 1. The Kier molecular flexibility index (Phi) is 5.77. The first-order chi connectivity index (χ1) is 10.4. The molecule has 22 heavy (non-hydrogen) atoms. The molecule has 2 rings (SSSR count). The van der Waals surface area contributed by atoms with Crippen LogP contribution in [0.1, 0.15) is 12.8 Å². The molecule has 0 atom stereocenters. The van der Waals surface area contributed by atoms with Gasteiger partial charge in [-0.15, -0.1) is 11.6 Å². The maximum Gasteiger partial charge on any atom is 0.245 e. The summed E-state index contributed by atoms with van der Waals surface area (Å²) in [5.41, 5.74) is 0. The summed E-state index contributed by atoms with van der Waals surface area (Å²) in [7, 11) is -3.80. The Morgan fingerprint density at radius 2 is 1.95 bits per heavy atom. The number of hydrogen-bond acceptors (Lipinski definition) is 3. The molecule has 5 nitrogen and oxygen atoms in total. The van der Waals surface area contributed by atoms with E-state index in [9.17, 15) is 17.6 Å². The van der Waals surface area contributed by atoms with Crippen LogP contribution in [0.25, 0.3) is 0 Å². The molecule has 0 bridgehead atoms. The van der Waals surface area contributed by atoms with Crippen LogP contribution < -0.4 is 5.32 Å². The predicted octanol–water partition coefficient (Wildman–Crippen LogP) is 1.58. The largest absolute Gasteiger partial charge is 0.355 e. The lowest BCUT2D eigenvalue weighted by atomic mass is 9.98. The molecular weight excluding hydrogens is 331 g/mol. The van der Waals surface area contributed by atoms with Crippen molar-refractivity contribution in [2.75, 3.05) is 25.5 Å². The first-order valence-electron chi connectivity index (χ1n) is 7.02. The van der Waals surface area contributed by atoms with Crippen LogP contribution >= 0.6 is 11.6 Å². The number of piperidine rings is 1. The fourth-order valence-corrected chi connectivity index (χ4v) is 4.08. The number of nitrogens with one attached hydrogen (secondary N) is 1. The van der Waals surface area contributed by atoms with Crippen LogP contribution in [0.3, 0.4) is 0 Å². The zero-order valence-corrected chi connectivity index (χ0v) is 13.5. The lowest BCUT2D eigenvalue weighted by molar-refractivity contribution is -0.118. The standard InChI is InChI=1S/C14H18ClFN2O3S/c15-9-14(19)17-10-11-5-7-18(8-6-11)22(20,21)13-4-2-1-3-12(13)16/h1-4,11H,5-10H2,(H,17,19). The molecule has 1 N–H and O–H groups in total.